The topological polar surface area (TPSA) is 28.2 Å². The number of nitrogens with zero attached hydrogens (tertiary/aromatic N) is 2. The Bertz CT molecular complexity index is 91.6. The SMILES string of the molecule is CC(C)[N-]C(C)C.CC(C)[N-]C(C)C.Cl.[Nd]. The second-order valence-electron chi connectivity index (χ2n) is 4.67. The monoisotopic (exact) mass is 378 g/mol. The zero-order chi connectivity index (χ0) is 11.7. The van der Waals surface area contributed by atoms with Gasteiger partial charge >= 0.3 is 0 Å². The number of hydrogen-bond acceptors (Lipinski definition) is 0. The van der Waals surface area contributed by atoms with Gasteiger partial charge < -0.3 is 10.6 Å². The molecule has 0 spiro atoms. The molecular formula is C12H29ClN2Nd-2. The quantitative estimate of drug-likeness (QED) is 0.671. The molecule has 0 bridgehead atoms. The van der Waals surface area contributed by atoms with Gasteiger partial charge in [-0.05, 0) is 0 Å². The zero-order valence-corrected chi connectivity index (χ0v) is 16.1. The summed E-state index contributed by atoms with van der Waals surface area (Å²) >= 11 is 0. The van der Waals surface area contributed by atoms with Gasteiger partial charge in [0.1, 0.15) is 0 Å². The minimum absolute atomic E-state index is 0. The van der Waals surface area contributed by atoms with E-state index in [4.69, 9.17) is 0 Å². The first-order valence-corrected chi connectivity index (χ1v) is 5.65. The van der Waals surface area contributed by atoms with Gasteiger partial charge in [0.15, 0.2) is 0 Å². The van der Waals surface area contributed by atoms with E-state index in [1.807, 2.05) is 0 Å². The summed E-state index contributed by atoms with van der Waals surface area (Å²) in [6, 6.07) is 2.00. The summed E-state index contributed by atoms with van der Waals surface area (Å²) in [5, 5.41) is 8.56. The fourth-order valence-corrected chi connectivity index (χ4v) is 1.19. The Kier molecular flexibility index (Phi) is 27.1. The van der Waals surface area contributed by atoms with Gasteiger partial charge in [0, 0.05) is 40.8 Å². The standard InChI is InChI=1S/2C6H14N.ClH.Nd/c2*1-5(2)7-6(3)4;;/h2*5-6H,1-4H3;1H;/q2*-1;;. The van der Waals surface area contributed by atoms with E-state index in [2.05, 4.69) is 66.0 Å². The Hall–Kier alpha value is 1.56. The second kappa shape index (κ2) is 16.6. The van der Waals surface area contributed by atoms with E-state index in [-0.39, 0.29) is 53.2 Å². The van der Waals surface area contributed by atoms with Crippen LogP contribution in [0.25, 0.3) is 10.6 Å². The maximum atomic E-state index is 4.28. The number of hydrogen-bond donors (Lipinski definition) is 0. The van der Waals surface area contributed by atoms with Crippen molar-refractivity contribution in [3.8, 4) is 0 Å². The van der Waals surface area contributed by atoms with Gasteiger partial charge in [-0.25, -0.2) is 0 Å². The van der Waals surface area contributed by atoms with Crippen LogP contribution in [0.2, 0.25) is 0 Å². The van der Waals surface area contributed by atoms with Crippen LogP contribution in [0.4, 0.5) is 0 Å². The molecule has 0 atom stereocenters. The third-order valence-corrected chi connectivity index (χ3v) is 1.19. The van der Waals surface area contributed by atoms with Gasteiger partial charge in [0.05, 0.1) is 0 Å². The first kappa shape index (κ1) is 26.2. The van der Waals surface area contributed by atoms with Crippen LogP contribution in [0.5, 0.6) is 0 Å². The molecule has 0 aliphatic carbocycles. The molecule has 0 radical (unpaired) electrons. The molecule has 2 nitrogen and oxygen atoms in total. The number of rotatable bonds is 4. The van der Waals surface area contributed by atoms with Crippen LogP contribution in [-0.2, 0) is 0 Å². The second-order valence-corrected chi connectivity index (χ2v) is 4.67. The van der Waals surface area contributed by atoms with Crippen LogP contribution in [-0.4, -0.2) is 24.2 Å². The third kappa shape index (κ3) is 36.1. The predicted molar refractivity (Wildman–Crippen MR) is 74.5 cm³/mol. The molecule has 4 heteroatoms. The van der Waals surface area contributed by atoms with Crippen molar-refractivity contribution in [2.75, 3.05) is 0 Å². The molecule has 0 saturated heterocycles. The Labute approximate surface area is 142 Å². The molecule has 0 saturated carbocycles. The summed E-state index contributed by atoms with van der Waals surface area (Å²) in [4.78, 5) is 0. The molecule has 0 aromatic rings. The van der Waals surface area contributed by atoms with Crippen LogP contribution >= 0.6 is 12.4 Å². The van der Waals surface area contributed by atoms with Gasteiger partial charge in [-0.3, -0.25) is 0 Å². The van der Waals surface area contributed by atoms with Crippen LogP contribution in [0.3, 0.4) is 0 Å². The molecule has 0 aromatic carbocycles. The average molecular weight is 381 g/mol. The Morgan fingerprint density at radius 2 is 0.625 bits per heavy atom. The Morgan fingerprint density at radius 1 is 0.500 bits per heavy atom. The minimum atomic E-state index is 0. The van der Waals surface area contributed by atoms with E-state index >= 15 is 0 Å². The van der Waals surface area contributed by atoms with Gasteiger partial charge in [-0.1, -0.05) is 55.4 Å². The van der Waals surface area contributed by atoms with E-state index in [1.165, 1.54) is 0 Å². The van der Waals surface area contributed by atoms with Crippen molar-refractivity contribution < 1.29 is 40.8 Å². The van der Waals surface area contributed by atoms with E-state index in [0.29, 0.717) is 24.2 Å². The van der Waals surface area contributed by atoms with Crippen molar-refractivity contribution in [1.29, 1.82) is 0 Å². The molecule has 0 rings (SSSR count). The molecule has 0 fully saturated rings. The van der Waals surface area contributed by atoms with E-state index < -0.39 is 0 Å². The fraction of sp³-hybridized carbons (Fsp3) is 1.00. The van der Waals surface area contributed by atoms with Crippen molar-refractivity contribution in [3.63, 3.8) is 0 Å². The summed E-state index contributed by atoms with van der Waals surface area (Å²) in [6.45, 7) is 16.8. The molecule has 0 N–H and O–H groups in total. The van der Waals surface area contributed by atoms with Crippen LogP contribution in [0.15, 0.2) is 0 Å². The maximum absolute atomic E-state index is 4.28. The molecular weight excluding hydrogens is 352 g/mol. The fourth-order valence-electron chi connectivity index (χ4n) is 1.19. The average Bonchev–Trinajstić information content (AvgIpc) is 1.79. The molecule has 0 aliphatic heterocycles. The normalized spacial score (nSPS) is 9.75. The van der Waals surface area contributed by atoms with Crippen LogP contribution < -0.4 is 0 Å². The summed E-state index contributed by atoms with van der Waals surface area (Å²) < 4.78 is 0. The molecule has 16 heavy (non-hydrogen) atoms. The van der Waals surface area contributed by atoms with Crippen molar-refractivity contribution in [3.05, 3.63) is 10.6 Å². The molecule has 0 aliphatic rings. The summed E-state index contributed by atoms with van der Waals surface area (Å²) in [5.74, 6) is 0. The Balaban J connectivity index is -0.0000000800. The smallest absolute Gasteiger partial charge is 0 e. The zero-order valence-electron chi connectivity index (χ0n) is 12.1. The summed E-state index contributed by atoms with van der Waals surface area (Å²) in [5.41, 5.74) is 0. The summed E-state index contributed by atoms with van der Waals surface area (Å²) in [6.07, 6.45) is 0. The van der Waals surface area contributed by atoms with Crippen molar-refractivity contribution in [2.24, 2.45) is 0 Å². The Morgan fingerprint density at radius 3 is 0.625 bits per heavy atom. The molecule has 0 aromatic heterocycles. The molecule has 0 unspecified atom stereocenters. The van der Waals surface area contributed by atoms with E-state index in [1.54, 1.807) is 0 Å². The van der Waals surface area contributed by atoms with Crippen molar-refractivity contribution >= 4 is 12.4 Å². The van der Waals surface area contributed by atoms with Gasteiger partial charge in [-0.15, -0.1) is 36.6 Å². The van der Waals surface area contributed by atoms with Gasteiger partial charge in [-0.2, -0.15) is 0 Å². The largest absolute Gasteiger partial charge is 0.658 e. The van der Waals surface area contributed by atoms with Crippen LogP contribution in [0.1, 0.15) is 55.4 Å². The molecule has 100 valence electrons. The van der Waals surface area contributed by atoms with Crippen LogP contribution in [0, 0.1) is 40.8 Å². The summed E-state index contributed by atoms with van der Waals surface area (Å²) in [7, 11) is 0. The maximum Gasteiger partial charge on any atom is 0 e. The first-order chi connectivity index (χ1) is 6.25. The minimum Gasteiger partial charge on any atom is -0.658 e. The van der Waals surface area contributed by atoms with Gasteiger partial charge in [0.2, 0.25) is 0 Å². The van der Waals surface area contributed by atoms with Crippen molar-refractivity contribution in [1.82, 2.24) is 0 Å². The van der Waals surface area contributed by atoms with E-state index in [9.17, 15) is 0 Å². The predicted octanol–water partition coefficient (Wildman–Crippen LogP) is 4.78. The van der Waals surface area contributed by atoms with Gasteiger partial charge in [0.25, 0.3) is 0 Å². The molecule has 0 amide bonds. The first-order valence-electron chi connectivity index (χ1n) is 5.65. The van der Waals surface area contributed by atoms with E-state index in [0.717, 1.165) is 0 Å². The van der Waals surface area contributed by atoms with Crippen molar-refractivity contribution in [2.45, 2.75) is 79.6 Å². The number of halogens is 1. The molecule has 0 heterocycles. The third-order valence-electron chi connectivity index (χ3n) is 1.19.